The van der Waals surface area contributed by atoms with Gasteiger partial charge in [-0.25, -0.2) is 4.68 Å². The highest BCUT2D eigenvalue weighted by Crippen LogP contribution is 2.23. The van der Waals surface area contributed by atoms with Crippen LogP contribution in [0.25, 0.3) is 0 Å². The molecule has 1 aromatic rings. The van der Waals surface area contributed by atoms with Gasteiger partial charge in [0.25, 0.3) is 0 Å². The molecule has 0 aliphatic rings. The number of carboxylic acid groups (broad SMARTS) is 1. The zero-order valence-electron chi connectivity index (χ0n) is 11.4. The number of likely N-dealkylation sites (N-methyl/N-ethyl adjacent to an activating group) is 1. The van der Waals surface area contributed by atoms with E-state index in [1.54, 1.807) is 11.6 Å². The molecule has 0 saturated carbocycles. The number of nitrogens with zero attached hydrogens (tertiary/aromatic N) is 5. The number of rotatable bonds is 7. The number of tetrazole rings is 1. The van der Waals surface area contributed by atoms with Crippen molar-refractivity contribution in [3.63, 3.8) is 0 Å². The molecule has 7 nitrogen and oxygen atoms in total. The third-order valence-electron chi connectivity index (χ3n) is 3.18. The largest absolute Gasteiger partial charge is 0.481 e. The second kappa shape index (κ2) is 5.90. The van der Waals surface area contributed by atoms with E-state index >= 15 is 0 Å². The van der Waals surface area contributed by atoms with Crippen LogP contribution < -0.4 is 0 Å². The molecule has 18 heavy (non-hydrogen) atoms. The molecule has 0 saturated heterocycles. The van der Waals surface area contributed by atoms with Gasteiger partial charge in [-0.2, -0.15) is 0 Å². The molecule has 0 aliphatic heterocycles. The molecule has 0 spiro atoms. The second-order valence-corrected chi connectivity index (χ2v) is 5.03. The first-order valence-electron chi connectivity index (χ1n) is 6.02. The van der Waals surface area contributed by atoms with Crippen LogP contribution in [0.15, 0.2) is 0 Å². The van der Waals surface area contributed by atoms with Gasteiger partial charge in [0.1, 0.15) is 0 Å². The van der Waals surface area contributed by atoms with Gasteiger partial charge in [0.15, 0.2) is 5.82 Å². The van der Waals surface area contributed by atoms with Gasteiger partial charge in [-0.15, -0.1) is 5.10 Å². The van der Waals surface area contributed by atoms with Gasteiger partial charge in [-0.05, 0) is 37.9 Å². The number of hydrogen-bond acceptors (Lipinski definition) is 5. The van der Waals surface area contributed by atoms with E-state index in [-0.39, 0.29) is 0 Å². The summed E-state index contributed by atoms with van der Waals surface area (Å²) in [5.74, 6) is -0.0938. The molecule has 1 rings (SSSR count). The van der Waals surface area contributed by atoms with E-state index < -0.39 is 11.4 Å². The summed E-state index contributed by atoms with van der Waals surface area (Å²) in [6.45, 7) is 4.70. The van der Waals surface area contributed by atoms with Gasteiger partial charge in [-0.1, -0.05) is 6.92 Å². The van der Waals surface area contributed by atoms with E-state index in [9.17, 15) is 9.90 Å². The zero-order valence-corrected chi connectivity index (χ0v) is 11.4. The lowest BCUT2D eigenvalue weighted by Crippen LogP contribution is -2.33. The summed E-state index contributed by atoms with van der Waals surface area (Å²) in [4.78, 5) is 13.3. The van der Waals surface area contributed by atoms with Crippen molar-refractivity contribution in [2.75, 3.05) is 20.6 Å². The Hall–Kier alpha value is -1.50. The average Bonchev–Trinajstić information content (AvgIpc) is 2.73. The zero-order chi connectivity index (χ0) is 13.8. The minimum Gasteiger partial charge on any atom is -0.481 e. The Morgan fingerprint density at radius 2 is 2.17 bits per heavy atom. The van der Waals surface area contributed by atoms with Crippen LogP contribution in [0.4, 0.5) is 0 Å². The van der Waals surface area contributed by atoms with Crippen LogP contribution in [-0.2, 0) is 17.8 Å². The van der Waals surface area contributed by atoms with Crippen LogP contribution in [0.1, 0.15) is 26.1 Å². The Morgan fingerprint density at radius 1 is 1.50 bits per heavy atom. The Balaban J connectivity index is 2.78. The van der Waals surface area contributed by atoms with Crippen molar-refractivity contribution in [3.8, 4) is 0 Å². The second-order valence-electron chi connectivity index (χ2n) is 5.03. The highest BCUT2D eigenvalue weighted by molar-refractivity contribution is 5.73. The minimum atomic E-state index is -0.831. The maximum absolute atomic E-state index is 11.3. The van der Waals surface area contributed by atoms with E-state index in [4.69, 9.17) is 0 Å². The molecule has 0 radical (unpaired) electrons. The molecule has 0 amide bonds. The molecule has 1 N–H and O–H groups in total. The van der Waals surface area contributed by atoms with Gasteiger partial charge < -0.3 is 10.0 Å². The van der Waals surface area contributed by atoms with Crippen molar-refractivity contribution in [2.24, 2.45) is 5.41 Å². The highest BCUT2D eigenvalue weighted by Gasteiger charge is 2.32. The maximum atomic E-state index is 11.3. The molecule has 1 unspecified atom stereocenters. The molecule has 0 aliphatic carbocycles. The molecule has 0 bridgehead atoms. The molecule has 102 valence electrons. The van der Waals surface area contributed by atoms with E-state index in [1.807, 2.05) is 25.9 Å². The van der Waals surface area contributed by atoms with E-state index in [0.29, 0.717) is 19.4 Å². The summed E-state index contributed by atoms with van der Waals surface area (Å²) in [6, 6.07) is 0. The van der Waals surface area contributed by atoms with Gasteiger partial charge in [0, 0.05) is 13.0 Å². The first kappa shape index (κ1) is 14.6. The lowest BCUT2D eigenvalue weighted by Gasteiger charge is -2.23. The van der Waals surface area contributed by atoms with E-state index in [2.05, 4.69) is 15.5 Å². The molecule has 0 fully saturated rings. The topological polar surface area (TPSA) is 84.1 Å². The number of carbonyl (C=O) groups is 1. The molecule has 0 aromatic carbocycles. The first-order chi connectivity index (χ1) is 8.39. The maximum Gasteiger partial charge on any atom is 0.311 e. The predicted octanol–water partition coefficient (Wildman–Crippen LogP) is 0.278. The summed E-state index contributed by atoms with van der Waals surface area (Å²) < 4.78 is 1.60. The summed E-state index contributed by atoms with van der Waals surface area (Å²) in [6.07, 6.45) is 1.24. The van der Waals surface area contributed by atoms with Crippen molar-refractivity contribution < 1.29 is 9.90 Å². The molecule has 7 heteroatoms. The van der Waals surface area contributed by atoms with Gasteiger partial charge in [-0.3, -0.25) is 4.79 Å². The SMILES string of the molecule is CCC(C)(Cn1nnnc1CCN(C)C)C(=O)O. The van der Waals surface area contributed by atoms with E-state index in [0.717, 1.165) is 12.4 Å². The van der Waals surface area contributed by atoms with E-state index in [1.165, 1.54) is 0 Å². The summed E-state index contributed by atoms with van der Waals surface area (Å²) in [5.41, 5.74) is -0.831. The van der Waals surface area contributed by atoms with Crippen LogP contribution >= 0.6 is 0 Å². The lowest BCUT2D eigenvalue weighted by atomic mass is 9.88. The fourth-order valence-electron chi connectivity index (χ4n) is 1.51. The number of aliphatic carboxylic acids is 1. The van der Waals surface area contributed by atoms with Crippen LogP contribution in [0.3, 0.4) is 0 Å². The molecule has 1 heterocycles. The van der Waals surface area contributed by atoms with Crippen molar-refractivity contribution in [3.05, 3.63) is 5.82 Å². The summed E-state index contributed by atoms with van der Waals surface area (Å²) >= 11 is 0. The molecule has 1 atom stereocenters. The smallest absolute Gasteiger partial charge is 0.311 e. The normalized spacial score (nSPS) is 14.7. The number of aromatic nitrogens is 4. The fraction of sp³-hybridized carbons (Fsp3) is 0.818. The van der Waals surface area contributed by atoms with Gasteiger partial charge in [0.05, 0.1) is 12.0 Å². The predicted molar refractivity (Wildman–Crippen MR) is 66.1 cm³/mol. The lowest BCUT2D eigenvalue weighted by molar-refractivity contribution is -0.149. The van der Waals surface area contributed by atoms with Gasteiger partial charge in [0.2, 0.25) is 0 Å². The standard InChI is InChI=1S/C11H21N5O2/c1-5-11(2,10(17)18)8-16-9(12-13-14-16)6-7-15(3)4/h5-8H2,1-4H3,(H,17,18). The third kappa shape index (κ3) is 3.49. The summed E-state index contributed by atoms with van der Waals surface area (Å²) in [5, 5.41) is 20.7. The van der Waals surface area contributed by atoms with Crippen LogP contribution in [-0.4, -0.2) is 56.8 Å². The van der Waals surface area contributed by atoms with Gasteiger partial charge >= 0.3 is 5.97 Å². The van der Waals surface area contributed by atoms with Crippen molar-refractivity contribution in [1.82, 2.24) is 25.1 Å². The summed E-state index contributed by atoms with van der Waals surface area (Å²) in [7, 11) is 3.95. The first-order valence-corrected chi connectivity index (χ1v) is 6.02. The van der Waals surface area contributed by atoms with Crippen molar-refractivity contribution >= 4 is 5.97 Å². The number of hydrogen-bond donors (Lipinski definition) is 1. The highest BCUT2D eigenvalue weighted by atomic mass is 16.4. The molecular weight excluding hydrogens is 234 g/mol. The monoisotopic (exact) mass is 255 g/mol. The molecular formula is C11H21N5O2. The quantitative estimate of drug-likeness (QED) is 0.753. The Morgan fingerprint density at radius 3 is 2.67 bits per heavy atom. The third-order valence-corrected chi connectivity index (χ3v) is 3.18. The van der Waals surface area contributed by atoms with Crippen molar-refractivity contribution in [1.29, 1.82) is 0 Å². The van der Waals surface area contributed by atoms with Crippen LogP contribution in [0.2, 0.25) is 0 Å². The number of carboxylic acids is 1. The molecule has 1 aromatic heterocycles. The Kier molecular flexibility index (Phi) is 4.77. The Labute approximate surface area is 107 Å². The van der Waals surface area contributed by atoms with Crippen LogP contribution in [0.5, 0.6) is 0 Å². The average molecular weight is 255 g/mol. The Bertz CT molecular complexity index is 404. The fourth-order valence-corrected chi connectivity index (χ4v) is 1.51. The van der Waals surface area contributed by atoms with Crippen LogP contribution in [0, 0.1) is 5.41 Å². The van der Waals surface area contributed by atoms with Crippen molar-refractivity contribution in [2.45, 2.75) is 33.2 Å². The minimum absolute atomic E-state index is 0.300.